The Morgan fingerprint density at radius 3 is 2.87 bits per heavy atom. The van der Waals surface area contributed by atoms with Crippen molar-refractivity contribution in [3.63, 3.8) is 0 Å². The molecule has 0 saturated heterocycles. The molecule has 0 aliphatic rings. The van der Waals surface area contributed by atoms with Crippen LogP contribution in [0.4, 0.5) is 0 Å². The van der Waals surface area contributed by atoms with Gasteiger partial charge in [0, 0.05) is 24.0 Å². The fourth-order valence-corrected chi connectivity index (χ4v) is 1.69. The van der Waals surface area contributed by atoms with Crippen LogP contribution >= 0.6 is 0 Å². The first kappa shape index (κ1) is 9.87. The molecule has 0 atom stereocenters. The van der Waals surface area contributed by atoms with Gasteiger partial charge in [0.05, 0.1) is 5.52 Å². The Morgan fingerprint density at radius 2 is 2.13 bits per heavy atom. The number of rotatable bonds is 3. The summed E-state index contributed by atoms with van der Waals surface area (Å²) in [5.41, 5.74) is 8.86. The molecule has 2 rings (SSSR count). The Bertz CT molecular complexity index is 489. The van der Waals surface area contributed by atoms with Crippen LogP contribution in [-0.4, -0.2) is 4.98 Å². The molecule has 0 bridgehead atoms. The molecule has 0 aliphatic carbocycles. The highest BCUT2D eigenvalue weighted by Gasteiger charge is 2.03. The summed E-state index contributed by atoms with van der Waals surface area (Å²) in [6.07, 6.45) is 2.63. The Hall–Kier alpha value is -1.67. The van der Waals surface area contributed by atoms with Crippen LogP contribution in [0.3, 0.4) is 0 Å². The van der Waals surface area contributed by atoms with Crippen molar-refractivity contribution >= 4 is 10.9 Å². The molecule has 0 aliphatic heterocycles. The van der Waals surface area contributed by atoms with Gasteiger partial charge in [0.2, 0.25) is 0 Å². The summed E-state index contributed by atoms with van der Waals surface area (Å²) in [6.45, 7) is 4.26. The highest BCUT2D eigenvalue weighted by atomic mass is 14.7. The van der Waals surface area contributed by atoms with E-state index in [1.165, 1.54) is 0 Å². The first-order chi connectivity index (χ1) is 7.35. The average molecular weight is 198 g/mol. The van der Waals surface area contributed by atoms with Gasteiger partial charge < -0.3 is 5.73 Å². The maximum atomic E-state index is 5.70. The molecule has 1 aromatic carbocycles. The van der Waals surface area contributed by atoms with Gasteiger partial charge in [0.25, 0.3) is 0 Å². The number of benzene rings is 1. The van der Waals surface area contributed by atoms with Crippen molar-refractivity contribution in [1.82, 2.24) is 4.98 Å². The first-order valence-electron chi connectivity index (χ1n) is 5.03. The second-order valence-corrected chi connectivity index (χ2v) is 3.48. The Labute approximate surface area is 89.4 Å². The van der Waals surface area contributed by atoms with E-state index in [4.69, 9.17) is 5.73 Å². The minimum Gasteiger partial charge on any atom is -0.326 e. The zero-order valence-electron chi connectivity index (χ0n) is 8.61. The average Bonchev–Trinajstić information content (AvgIpc) is 2.28. The van der Waals surface area contributed by atoms with Crippen LogP contribution in [0.2, 0.25) is 0 Å². The topological polar surface area (TPSA) is 38.9 Å². The van der Waals surface area contributed by atoms with Crippen molar-refractivity contribution in [2.24, 2.45) is 5.73 Å². The molecule has 2 N–H and O–H groups in total. The van der Waals surface area contributed by atoms with Crippen molar-refractivity contribution in [3.8, 4) is 0 Å². The van der Waals surface area contributed by atoms with E-state index in [-0.39, 0.29) is 0 Å². The second kappa shape index (κ2) is 4.24. The molecule has 0 radical (unpaired) electrons. The number of fused-ring (bicyclic) bond motifs is 1. The third-order valence-corrected chi connectivity index (χ3v) is 2.45. The lowest BCUT2D eigenvalue weighted by Crippen LogP contribution is -2.03. The molecular formula is C13H14N2. The highest BCUT2D eigenvalue weighted by molar-refractivity contribution is 5.79. The molecule has 1 aromatic heterocycles. The molecule has 0 spiro atoms. The third-order valence-electron chi connectivity index (χ3n) is 2.45. The molecule has 0 saturated carbocycles. The molecule has 0 unspecified atom stereocenters. The van der Waals surface area contributed by atoms with Gasteiger partial charge >= 0.3 is 0 Å². The predicted molar refractivity (Wildman–Crippen MR) is 63.5 cm³/mol. The number of hydrogen-bond acceptors (Lipinski definition) is 2. The van der Waals surface area contributed by atoms with Crippen molar-refractivity contribution in [2.75, 3.05) is 0 Å². The number of hydrogen-bond donors (Lipinski definition) is 1. The zero-order chi connectivity index (χ0) is 10.7. The van der Waals surface area contributed by atoms with Gasteiger partial charge in [-0.3, -0.25) is 4.98 Å². The minimum absolute atomic E-state index is 0.529. The van der Waals surface area contributed by atoms with E-state index in [1.807, 2.05) is 24.3 Å². The summed E-state index contributed by atoms with van der Waals surface area (Å²) in [5.74, 6) is 0. The fourth-order valence-electron chi connectivity index (χ4n) is 1.69. The fraction of sp³-hybridized carbons (Fsp3) is 0.154. The van der Waals surface area contributed by atoms with Gasteiger partial charge in [-0.15, -0.1) is 6.58 Å². The molecule has 2 aromatic rings. The van der Waals surface area contributed by atoms with Crippen molar-refractivity contribution < 1.29 is 0 Å². The van der Waals surface area contributed by atoms with E-state index in [1.54, 1.807) is 0 Å². The lowest BCUT2D eigenvalue weighted by molar-refractivity contribution is 0.993. The van der Waals surface area contributed by atoms with Gasteiger partial charge in [-0.2, -0.15) is 0 Å². The molecule has 15 heavy (non-hydrogen) atoms. The first-order valence-corrected chi connectivity index (χ1v) is 5.03. The Kier molecular flexibility index (Phi) is 2.79. The monoisotopic (exact) mass is 198 g/mol. The number of nitrogens with zero attached hydrogens (tertiary/aromatic N) is 1. The van der Waals surface area contributed by atoms with E-state index in [2.05, 4.69) is 23.7 Å². The van der Waals surface area contributed by atoms with E-state index in [0.29, 0.717) is 6.54 Å². The summed E-state index contributed by atoms with van der Waals surface area (Å²) >= 11 is 0. The normalized spacial score (nSPS) is 10.5. The van der Waals surface area contributed by atoms with Gasteiger partial charge in [0.1, 0.15) is 0 Å². The van der Waals surface area contributed by atoms with Gasteiger partial charge in [-0.1, -0.05) is 24.3 Å². The minimum atomic E-state index is 0.529. The summed E-state index contributed by atoms with van der Waals surface area (Å²) in [5, 5.41) is 1.14. The largest absolute Gasteiger partial charge is 0.326 e. The van der Waals surface area contributed by atoms with Gasteiger partial charge in [-0.25, -0.2) is 0 Å². The summed E-state index contributed by atoms with van der Waals surface area (Å²) in [6, 6.07) is 10.2. The lowest BCUT2D eigenvalue weighted by atomic mass is 10.1. The molecule has 1 heterocycles. The Balaban J connectivity index is 2.63. The number of nitrogens with two attached hydrogens (primary N) is 1. The maximum absolute atomic E-state index is 5.70. The third kappa shape index (κ3) is 1.90. The molecule has 2 nitrogen and oxygen atoms in total. The van der Waals surface area contributed by atoms with Crippen LogP contribution in [0.1, 0.15) is 11.3 Å². The van der Waals surface area contributed by atoms with Crippen LogP contribution in [-0.2, 0) is 13.0 Å². The highest BCUT2D eigenvalue weighted by Crippen LogP contribution is 2.16. The van der Waals surface area contributed by atoms with Crippen molar-refractivity contribution in [1.29, 1.82) is 0 Å². The molecule has 76 valence electrons. The second-order valence-electron chi connectivity index (χ2n) is 3.48. The molecule has 0 fully saturated rings. The number of para-hydroxylation sites is 1. The van der Waals surface area contributed by atoms with E-state index >= 15 is 0 Å². The van der Waals surface area contributed by atoms with Gasteiger partial charge in [-0.05, 0) is 17.7 Å². The number of allylic oxidation sites excluding steroid dienone is 1. The zero-order valence-corrected chi connectivity index (χ0v) is 8.61. The smallest absolute Gasteiger partial charge is 0.0705 e. The summed E-state index contributed by atoms with van der Waals surface area (Å²) < 4.78 is 0. The number of pyridine rings is 1. The lowest BCUT2D eigenvalue weighted by Gasteiger charge is -2.06. The summed E-state index contributed by atoms with van der Waals surface area (Å²) in [4.78, 5) is 4.58. The van der Waals surface area contributed by atoms with Crippen LogP contribution in [0, 0.1) is 0 Å². The van der Waals surface area contributed by atoms with E-state index in [0.717, 1.165) is 28.6 Å². The van der Waals surface area contributed by atoms with Crippen molar-refractivity contribution in [2.45, 2.75) is 13.0 Å². The predicted octanol–water partition coefficient (Wildman–Crippen LogP) is 2.42. The molecule has 2 heteroatoms. The van der Waals surface area contributed by atoms with Crippen LogP contribution < -0.4 is 5.73 Å². The SMILES string of the molecule is C=CCc1nc2ccccc2cc1CN. The van der Waals surface area contributed by atoms with Crippen molar-refractivity contribution in [3.05, 3.63) is 54.2 Å². The molecule has 0 amide bonds. The summed E-state index contributed by atoms with van der Waals surface area (Å²) in [7, 11) is 0. The van der Waals surface area contributed by atoms with Crippen LogP contribution in [0.15, 0.2) is 43.0 Å². The van der Waals surface area contributed by atoms with E-state index < -0.39 is 0 Å². The quantitative estimate of drug-likeness (QED) is 0.769. The maximum Gasteiger partial charge on any atom is 0.0705 e. The Morgan fingerprint density at radius 1 is 1.33 bits per heavy atom. The van der Waals surface area contributed by atoms with Crippen LogP contribution in [0.25, 0.3) is 10.9 Å². The number of aromatic nitrogens is 1. The van der Waals surface area contributed by atoms with E-state index in [9.17, 15) is 0 Å². The van der Waals surface area contributed by atoms with Crippen LogP contribution in [0.5, 0.6) is 0 Å². The standard InChI is InChI=1S/C13H14N2/c1-2-5-12-11(9-14)8-10-6-3-4-7-13(10)15-12/h2-4,6-8H,1,5,9,14H2. The molecular weight excluding hydrogens is 184 g/mol. The van der Waals surface area contributed by atoms with Gasteiger partial charge in [0.15, 0.2) is 0 Å².